The molecule has 14 heavy (non-hydrogen) atoms. The zero-order valence-corrected chi connectivity index (χ0v) is 7.66. The molecule has 5 heteroatoms. The Morgan fingerprint density at radius 2 is 2.14 bits per heavy atom. The van der Waals surface area contributed by atoms with Crippen molar-refractivity contribution in [3.05, 3.63) is 29.8 Å². The molecular weight excluding hydrogens is 182 g/mol. The van der Waals surface area contributed by atoms with E-state index in [9.17, 15) is 4.79 Å². The van der Waals surface area contributed by atoms with Gasteiger partial charge in [0.25, 0.3) is 5.91 Å². The van der Waals surface area contributed by atoms with Gasteiger partial charge in [-0.3, -0.25) is 10.2 Å². The number of carbonyl (C=O) groups excluding carboxylic acids is 1. The van der Waals surface area contributed by atoms with E-state index in [0.29, 0.717) is 17.8 Å². The van der Waals surface area contributed by atoms with Crippen molar-refractivity contribution in [1.29, 1.82) is 0 Å². The van der Waals surface area contributed by atoms with Crippen LogP contribution in [0.5, 0.6) is 0 Å². The second-order valence-corrected chi connectivity index (χ2v) is 2.67. The number of para-hydroxylation sites is 1. The van der Waals surface area contributed by atoms with Crippen molar-refractivity contribution >= 4 is 11.6 Å². The zero-order valence-electron chi connectivity index (χ0n) is 7.66. The van der Waals surface area contributed by atoms with E-state index in [1.807, 2.05) is 0 Å². The Balaban J connectivity index is 2.85. The van der Waals surface area contributed by atoms with E-state index in [0.717, 1.165) is 0 Å². The van der Waals surface area contributed by atoms with Gasteiger partial charge in [0, 0.05) is 12.2 Å². The third kappa shape index (κ3) is 2.45. The van der Waals surface area contributed by atoms with Crippen LogP contribution in [0.2, 0.25) is 0 Å². The molecule has 0 aromatic heterocycles. The van der Waals surface area contributed by atoms with Gasteiger partial charge in [-0.15, -0.1) is 0 Å². The zero-order chi connectivity index (χ0) is 10.4. The SMILES string of the molecule is NNC(=O)c1ccccc1NCCO. The molecule has 0 aliphatic rings. The fourth-order valence-corrected chi connectivity index (χ4v) is 1.10. The molecule has 0 unspecified atom stereocenters. The van der Waals surface area contributed by atoms with Crippen LogP contribution < -0.4 is 16.6 Å². The topological polar surface area (TPSA) is 87.4 Å². The largest absolute Gasteiger partial charge is 0.395 e. The van der Waals surface area contributed by atoms with Crippen molar-refractivity contribution in [1.82, 2.24) is 5.43 Å². The summed E-state index contributed by atoms with van der Waals surface area (Å²) in [4.78, 5) is 11.3. The highest BCUT2D eigenvalue weighted by molar-refractivity contribution is 5.99. The second-order valence-electron chi connectivity index (χ2n) is 2.67. The lowest BCUT2D eigenvalue weighted by Gasteiger charge is -2.09. The molecule has 0 spiro atoms. The van der Waals surface area contributed by atoms with Gasteiger partial charge in [-0.05, 0) is 12.1 Å². The molecule has 1 rings (SSSR count). The number of amides is 1. The molecule has 0 fully saturated rings. The molecule has 0 saturated carbocycles. The van der Waals surface area contributed by atoms with Gasteiger partial charge in [-0.2, -0.15) is 0 Å². The predicted octanol–water partition coefficient (Wildman–Crippen LogP) is -0.306. The van der Waals surface area contributed by atoms with Gasteiger partial charge in [-0.25, -0.2) is 5.84 Å². The molecule has 0 bridgehead atoms. The molecule has 1 aromatic rings. The van der Waals surface area contributed by atoms with Crippen molar-refractivity contribution in [3.8, 4) is 0 Å². The standard InChI is InChI=1S/C9H13N3O2/c10-12-9(14)7-3-1-2-4-8(7)11-5-6-13/h1-4,11,13H,5-6,10H2,(H,12,14). The third-order valence-electron chi connectivity index (χ3n) is 1.73. The maximum absolute atomic E-state index is 11.3. The summed E-state index contributed by atoms with van der Waals surface area (Å²) in [6.07, 6.45) is 0. The van der Waals surface area contributed by atoms with Gasteiger partial charge < -0.3 is 10.4 Å². The molecule has 0 heterocycles. The van der Waals surface area contributed by atoms with E-state index < -0.39 is 0 Å². The average molecular weight is 195 g/mol. The van der Waals surface area contributed by atoms with Crippen LogP contribution in [0.3, 0.4) is 0 Å². The lowest BCUT2D eigenvalue weighted by molar-refractivity contribution is 0.0954. The molecule has 5 N–H and O–H groups in total. The average Bonchev–Trinajstić information content (AvgIpc) is 2.25. The van der Waals surface area contributed by atoms with E-state index in [1.165, 1.54) is 0 Å². The number of nitrogens with one attached hydrogen (secondary N) is 2. The van der Waals surface area contributed by atoms with Gasteiger partial charge in [-0.1, -0.05) is 12.1 Å². The quantitative estimate of drug-likeness (QED) is 0.301. The number of nitrogen functional groups attached to an aromatic ring is 1. The number of anilines is 1. The first kappa shape index (κ1) is 10.5. The Kier molecular flexibility index (Phi) is 3.90. The highest BCUT2D eigenvalue weighted by Gasteiger charge is 2.07. The maximum Gasteiger partial charge on any atom is 0.267 e. The number of aliphatic hydroxyl groups is 1. The van der Waals surface area contributed by atoms with Gasteiger partial charge >= 0.3 is 0 Å². The number of aliphatic hydroxyl groups excluding tert-OH is 1. The van der Waals surface area contributed by atoms with Crippen LogP contribution in [0.25, 0.3) is 0 Å². The minimum atomic E-state index is -0.356. The molecule has 0 aliphatic heterocycles. The maximum atomic E-state index is 11.3. The Hall–Kier alpha value is -1.59. The highest BCUT2D eigenvalue weighted by Crippen LogP contribution is 2.13. The molecule has 76 valence electrons. The summed E-state index contributed by atoms with van der Waals surface area (Å²) in [5.74, 6) is 4.67. The first-order valence-electron chi connectivity index (χ1n) is 4.24. The number of hydrazine groups is 1. The van der Waals surface area contributed by atoms with E-state index >= 15 is 0 Å². The summed E-state index contributed by atoms with van der Waals surface area (Å²) in [5.41, 5.74) is 3.18. The van der Waals surface area contributed by atoms with Crippen molar-refractivity contribution in [3.63, 3.8) is 0 Å². The van der Waals surface area contributed by atoms with Crippen LogP contribution in [0.15, 0.2) is 24.3 Å². The van der Waals surface area contributed by atoms with Crippen LogP contribution in [0.1, 0.15) is 10.4 Å². The first-order valence-corrected chi connectivity index (χ1v) is 4.24. The lowest BCUT2D eigenvalue weighted by Crippen LogP contribution is -2.30. The van der Waals surface area contributed by atoms with Gasteiger partial charge in [0.2, 0.25) is 0 Å². The van der Waals surface area contributed by atoms with Crippen molar-refractivity contribution < 1.29 is 9.90 Å². The Morgan fingerprint density at radius 3 is 2.79 bits per heavy atom. The number of hydrogen-bond donors (Lipinski definition) is 4. The third-order valence-corrected chi connectivity index (χ3v) is 1.73. The van der Waals surface area contributed by atoms with Crippen molar-refractivity contribution in [2.24, 2.45) is 5.84 Å². The molecule has 0 radical (unpaired) electrons. The summed E-state index contributed by atoms with van der Waals surface area (Å²) >= 11 is 0. The van der Waals surface area contributed by atoms with Crippen LogP contribution in [0.4, 0.5) is 5.69 Å². The van der Waals surface area contributed by atoms with E-state index in [-0.39, 0.29) is 12.5 Å². The molecule has 0 saturated heterocycles. The van der Waals surface area contributed by atoms with Crippen LogP contribution in [-0.4, -0.2) is 24.2 Å². The van der Waals surface area contributed by atoms with Gasteiger partial charge in [0.15, 0.2) is 0 Å². The van der Waals surface area contributed by atoms with Gasteiger partial charge in [0.1, 0.15) is 0 Å². The smallest absolute Gasteiger partial charge is 0.267 e. The fraction of sp³-hybridized carbons (Fsp3) is 0.222. The summed E-state index contributed by atoms with van der Waals surface area (Å²) in [7, 11) is 0. The van der Waals surface area contributed by atoms with E-state index in [4.69, 9.17) is 10.9 Å². The summed E-state index contributed by atoms with van der Waals surface area (Å²) in [6.45, 7) is 0.410. The summed E-state index contributed by atoms with van der Waals surface area (Å²) in [6, 6.07) is 6.95. The van der Waals surface area contributed by atoms with Crippen LogP contribution in [-0.2, 0) is 0 Å². The van der Waals surface area contributed by atoms with Crippen LogP contribution in [0, 0.1) is 0 Å². The van der Waals surface area contributed by atoms with Crippen LogP contribution >= 0.6 is 0 Å². The minimum Gasteiger partial charge on any atom is -0.395 e. The number of carbonyl (C=O) groups is 1. The van der Waals surface area contributed by atoms with Gasteiger partial charge in [0.05, 0.1) is 12.2 Å². The van der Waals surface area contributed by atoms with Crippen molar-refractivity contribution in [2.75, 3.05) is 18.5 Å². The fourth-order valence-electron chi connectivity index (χ4n) is 1.10. The Bertz CT molecular complexity index is 315. The molecule has 1 aromatic carbocycles. The number of benzene rings is 1. The molecule has 0 aliphatic carbocycles. The molecule has 5 nitrogen and oxygen atoms in total. The lowest BCUT2D eigenvalue weighted by atomic mass is 10.1. The minimum absolute atomic E-state index is 0.0125. The Morgan fingerprint density at radius 1 is 1.43 bits per heavy atom. The number of hydrogen-bond acceptors (Lipinski definition) is 4. The summed E-state index contributed by atoms with van der Waals surface area (Å²) in [5, 5.41) is 11.5. The molecule has 0 atom stereocenters. The predicted molar refractivity (Wildman–Crippen MR) is 53.7 cm³/mol. The first-order chi connectivity index (χ1) is 6.79. The molecule has 1 amide bonds. The second kappa shape index (κ2) is 5.21. The molecular formula is C9H13N3O2. The van der Waals surface area contributed by atoms with E-state index in [2.05, 4.69) is 10.7 Å². The highest BCUT2D eigenvalue weighted by atomic mass is 16.3. The normalized spacial score (nSPS) is 9.57. The summed E-state index contributed by atoms with van der Waals surface area (Å²) < 4.78 is 0. The number of rotatable bonds is 4. The van der Waals surface area contributed by atoms with E-state index in [1.54, 1.807) is 24.3 Å². The monoisotopic (exact) mass is 195 g/mol. The Labute approximate surface area is 81.9 Å². The van der Waals surface area contributed by atoms with Crippen molar-refractivity contribution in [2.45, 2.75) is 0 Å². The number of nitrogens with two attached hydrogens (primary N) is 1.